The average Bonchev–Trinajstić information content (AvgIpc) is 0.910. The molecule has 4 unspecified atom stereocenters. The molecule has 7 atom stereocenters. The van der Waals surface area contributed by atoms with E-state index in [9.17, 15) is 43.2 Å². The zero-order valence-electron chi connectivity index (χ0n) is 66.9. The summed E-state index contributed by atoms with van der Waals surface area (Å²) in [5.41, 5.74) is 0. The molecule has 0 rings (SSSR count). The zero-order chi connectivity index (χ0) is 74.9. The second-order valence-electron chi connectivity index (χ2n) is 30.4. The van der Waals surface area contributed by atoms with Crippen LogP contribution in [0.15, 0.2) is 0 Å². The highest BCUT2D eigenvalue weighted by molar-refractivity contribution is 7.47. The molecule has 3 N–H and O–H groups in total. The summed E-state index contributed by atoms with van der Waals surface area (Å²) >= 11 is 0. The maximum Gasteiger partial charge on any atom is 0.472 e. The molecule has 0 bridgehead atoms. The number of carbonyl (C=O) groups excluding carboxylic acids is 4. The SMILES string of the molecule is CCCCCCCCCCCCCCCCC(=O)O[C@H](COC(=O)CCCCCCCCCCCCCC)COP(=O)(O)OC[C@H](O)COP(=O)(O)OC[C@@H](COC(=O)CCCCCCCCCCCCC(C)CC)OC(=O)CCCCCCCCCCCCCCCCCCCCC(C)CC. The van der Waals surface area contributed by atoms with E-state index in [-0.39, 0.29) is 25.7 Å². The number of aliphatic hydroxyl groups excluding tert-OH is 1. The van der Waals surface area contributed by atoms with Crippen LogP contribution in [-0.2, 0) is 65.4 Å². The van der Waals surface area contributed by atoms with Crippen LogP contribution in [0.2, 0.25) is 0 Å². The van der Waals surface area contributed by atoms with Gasteiger partial charge in [0.15, 0.2) is 12.2 Å². The van der Waals surface area contributed by atoms with Crippen molar-refractivity contribution in [3.63, 3.8) is 0 Å². The summed E-state index contributed by atoms with van der Waals surface area (Å²) in [5, 5.41) is 10.7. The molecule has 102 heavy (non-hydrogen) atoms. The van der Waals surface area contributed by atoms with E-state index < -0.39 is 97.5 Å². The van der Waals surface area contributed by atoms with E-state index in [1.54, 1.807) is 0 Å². The Balaban J connectivity index is 5.23. The van der Waals surface area contributed by atoms with Crippen LogP contribution in [0, 0.1) is 11.8 Å². The molecule has 606 valence electrons. The number of rotatable bonds is 82. The summed E-state index contributed by atoms with van der Waals surface area (Å²) in [6.45, 7) is 9.75. The third-order valence-electron chi connectivity index (χ3n) is 20.2. The minimum atomic E-state index is -4.96. The van der Waals surface area contributed by atoms with Crippen LogP contribution >= 0.6 is 15.6 Å². The van der Waals surface area contributed by atoms with Crippen molar-refractivity contribution in [3.8, 4) is 0 Å². The second-order valence-corrected chi connectivity index (χ2v) is 33.3. The number of ether oxygens (including phenoxy) is 4. The molecule has 0 amide bonds. The lowest BCUT2D eigenvalue weighted by Crippen LogP contribution is -2.30. The molecule has 0 aliphatic carbocycles. The molecule has 0 spiro atoms. The fraction of sp³-hybridized carbons (Fsp3) is 0.952. The van der Waals surface area contributed by atoms with Crippen LogP contribution in [0.3, 0.4) is 0 Å². The van der Waals surface area contributed by atoms with Crippen LogP contribution < -0.4 is 0 Å². The van der Waals surface area contributed by atoms with Crippen LogP contribution in [-0.4, -0.2) is 96.7 Å². The number of phosphoric ester groups is 2. The van der Waals surface area contributed by atoms with E-state index in [4.69, 9.17) is 37.0 Å². The van der Waals surface area contributed by atoms with Crippen molar-refractivity contribution in [1.82, 2.24) is 0 Å². The van der Waals surface area contributed by atoms with E-state index in [0.29, 0.717) is 25.7 Å². The Labute approximate surface area is 626 Å². The summed E-state index contributed by atoms with van der Waals surface area (Å²) in [6.07, 6.45) is 65.0. The van der Waals surface area contributed by atoms with Crippen molar-refractivity contribution in [2.45, 2.75) is 458 Å². The highest BCUT2D eigenvalue weighted by atomic mass is 31.2. The first-order valence-electron chi connectivity index (χ1n) is 43.1. The summed E-state index contributed by atoms with van der Waals surface area (Å²) in [7, 11) is -9.92. The molecule has 0 aliphatic heterocycles. The molecule has 0 fully saturated rings. The summed E-state index contributed by atoms with van der Waals surface area (Å²) in [6, 6.07) is 0. The standard InChI is InChI=1S/C83H162O17P2/c1-7-11-13-15-17-19-21-23-31-35-43-49-55-61-67-82(87)99-78(71-93-80(85)65-59-53-47-41-34-22-20-18-16-14-12-8-2)73-97-101(89,90)95-69-77(84)70-96-102(91,92)98-74-79(72-94-81(86)66-60-54-48-42-38-37-40-46-52-58-64-76(6)10-4)100-83(88)68-62-56-50-44-36-32-29-27-25-24-26-28-30-33-39-45-51-57-63-75(5)9-3/h75-79,84H,7-74H2,1-6H3,(H,89,90)(H,91,92)/t75?,76?,77-,78+,79+/m0/s1. The first-order valence-corrected chi connectivity index (χ1v) is 46.1. The van der Waals surface area contributed by atoms with Crippen molar-refractivity contribution < 1.29 is 80.2 Å². The molecule has 0 radical (unpaired) electrons. The molecule has 0 aromatic rings. The number of hydrogen-bond donors (Lipinski definition) is 3. The van der Waals surface area contributed by atoms with Gasteiger partial charge < -0.3 is 33.8 Å². The molecule has 19 heteroatoms. The number of aliphatic hydroxyl groups is 1. The Morgan fingerprint density at radius 1 is 0.275 bits per heavy atom. The molecule has 0 aromatic carbocycles. The summed E-state index contributed by atoms with van der Waals surface area (Å²) < 4.78 is 68.8. The number of carbonyl (C=O) groups is 4. The van der Waals surface area contributed by atoms with Gasteiger partial charge in [-0.3, -0.25) is 37.3 Å². The van der Waals surface area contributed by atoms with E-state index >= 15 is 0 Å². The van der Waals surface area contributed by atoms with Gasteiger partial charge in [-0.05, 0) is 37.5 Å². The van der Waals surface area contributed by atoms with Crippen LogP contribution in [0.25, 0.3) is 0 Å². The van der Waals surface area contributed by atoms with Crippen molar-refractivity contribution in [1.29, 1.82) is 0 Å². The number of hydrogen-bond acceptors (Lipinski definition) is 15. The first kappa shape index (κ1) is 100. The molecular formula is C83H162O17P2. The highest BCUT2D eigenvalue weighted by Gasteiger charge is 2.30. The molecule has 0 aromatic heterocycles. The van der Waals surface area contributed by atoms with E-state index in [0.717, 1.165) is 102 Å². The topological polar surface area (TPSA) is 237 Å². The van der Waals surface area contributed by atoms with Gasteiger partial charge in [0.2, 0.25) is 0 Å². The summed E-state index contributed by atoms with van der Waals surface area (Å²) in [5.74, 6) is -0.423. The fourth-order valence-corrected chi connectivity index (χ4v) is 14.4. The Bertz CT molecular complexity index is 1960. The lowest BCUT2D eigenvalue weighted by atomic mass is 9.99. The van der Waals surface area contributed by atoms with Crippen molar-refractivity contribution in [3.05, 3.63) is 0 Å². The average molecular weight is 1490 g/mol. The molecule has 0 saturated heterocycles. The highest BCUT2D eigenvalue weighted by Crippen LogP contribution is 2.45. The van der Waals surface area contributed by atoms with Gasteiger partial charge in [0.25, 0.3) is 0 Å². The van der Waals surface area contributed by atoms with Gasteiger partial charge in [0.1, 0.15) is 19.3 Å². The van der Waals surface area contributed by atoms with Gasteiger partial charge in [-0.1, -0.05) is 388 Å². The molecule has 0 heterocycles. The molecular weight excluding hydrogens is 1330 g/mol. The monoisotopic (exact) mass is 1490 g/mol. The van der Waals surface area contributed by atoms with Gasteiger partial charge in [0, 0.05) is 25.7 Å². The van der Waals surface area contributed by atoms with E-state index in [1.807, 2.05) is 0 Å². The molecule has 0 aliphatic rings. The largest absolute Gasteiger partial charge is 0.472 e. The fourth-order valence-electron chi connectivity index (χ4n) is 12.8. The van der Waals surface area contributed by atoms with Crippen LogP contribution in [0.4, 0.5) is 0 Å². The second kappa shape index (κ2) is 74.5. The van der Waals surface area contributed by atoms with Crippen molar-refractivity contribution >= 4 is 39.5 Å². The lowest BCUT2D eigenvalue weighted by molar-refractivity contribution is -0.161. The lowest BCUT2D eigenvalue weighted by Gasteiger charge is -2.21. The van der Waals surface area contributed by atoms with Crippen molar-refractivity contribution in [2.75, 3.05) is 39.6 Å². The maximum atomic E-state index is 13.1. The third kappa shape index (κ3) is 73.6. The van der Waals surface area contributed by atoms with E-state index in [2.05, 4.69) is 41.5 Å². The Morgan fingerprint density at radius 3 is 0.696 bits per heavy atom. The summed E-state index contributed by atoms with van der Waals surface area (Å²) in [4.78, 5) is 73.1. The van der Waals surface area contributed by atoms with Gasteiger partial charge in [-0.2, -0.15) is 0 Å². The number of unbranched alkanes of at least 4 members (excludes halogenated alkanes) is 50. The third-order valence-corrected chi connectivity index (χ3v) is 22.1. The van der Waals surface area contributed by atoms with Crippen molar-refractivity contribution in [2.24, 2.45) is 11.8 Å². The molecule has 17 nitrogen and oxygen atoms in total. The zero-order valence-corrected chi connectivity index (χ0v) is 68.7. The number of esters is 4. The quantitative estimate of drug-likeness (QED) is 0.0222. The van der Waals surface area contributed by atoms with Gasteiger partial charge in [-0.15, -0.1) is 0 Å². The van der Waals surface area contributed by atoms with E-state index in [1.165, 1.54) is 257 Å². The first-order chi connectivity index (χ1) is 49.4. The Kier molecular flexibility index (Phi) is 73.1. The Morgan fingerprint density at radius 2 is 0.471 bits per heavy atom. The maximum absolute atomic E-state index is 13.1. The molecule has 0 saturated carbocycles. The van der Waals surface area contributed by atoms with Gasteiger partial charge >= 0.3 is 39.5 Å². The van der Waals surface area contributed by atoms with Crippen LogP contribution in [0.5, 0.6) is 0 Å². The predicted octanol–water partition coefficient (Wildman–Crippen LogP) is 25.1. The number of phosphoric acid groups is 2. The Hall–Kier alpha value is -1.94. The van der Waals surface area contributed by atoms with Gasteiger partial charge in [0.05, 0.1) is 26.4 Å². The van der Waals surface area contributed by atoms with Gasteiger partial charge in [-0.25, -0.2) is 9.13 Å². The minimum absolute atomic E-state index is 0.108. The smallest absolute Gasteiger partial charge is 0.462 e. The normalized spacial score (nSPS) is 14.4. The minimum Gasteiger partial charge on any atom is -0.462 e. The predicted molar refractivity (Wildman–Crippen MR) is 418 cm³/mol. The van der Waals surface area contributed by atoms with Crippen LogP contribution in [0.1, 0.15) is 440 Å².